The SMILES string of the molecule is CCNC(C)c1ccc(OCC(N)=O)c(F)c1. The van der Waals surface area contributed by atoms with E-state index in [1.165, 1.54) is 12.1 Å². The molecule has 4 nitrogen and oxygen atoms in total. The van der Waals surface area contributed by atoms with Crippen LogP contribution in [0.2, 0.25) is 0 Å². The van der Waals surface area contributed by atoms with Crippen LogP contribution in [-0.2, 0) is 4.79 Å². The molecule has 1 rings (SSSR count). The Hall–Kier alpha value is -1.62. The van der Waals surface area contributed by atoms with Gasteiger partial charge in [-0.3, -0.25) is 4.79 Å². The maximum absolute atomic E-state index is 13.6. The van der Waals surface area contributed by atoms with Crippen molar-refractivity contribution < 1.29 is 13.9 Å². The molecule has 0 spiro atoms. The molecule has 0 radical (unpaired) electrons. The van der Waals surface area contributed by atoms with E-state index in [4.69, 9.17) is 10.5 Å². The molecule has 3 N–H and O–H groups in total. The second-order valence-electron chi connectivity index (χ2n) is 3.72. The maximum atomic E-state index is 13.6. The number of amides is 1. The van der Waals surface area contributed by atoms with Crippen molar-refractivity contribution in [1.29, 1.82) is 0 Å². The van der Waals surface area contributed by atoms with E-state index in [-0.39, 0.29) is 18.4 Å². The van der Waals surface area contributed by atoms with E-state index in [2.05, 4.69) is 5.32 Å². The van der Waals surface area contributed by atoms with Gasteiger partial charge in [0.05, 0.1) is 0 Å². The Labute approximate surface area is 100.0 Å². The topological polar surface area (TPSA) is 64.3 Å². The summed E-state index contributed by atoms with van der Waals surface area (Å²) in [5, 5.41) is 3.18. The van der Waals surface area contributed by atoms with Gasteiger partial charge >= 0.3 is 0 Å². The molecule has 1 aromatic carbocycles. The number of ether oxygens (including phenoxy) is 1. The molecule has 0 bridgehead atoms. The fourth-order valence-corrected chi connectivity index (χ4v) is 1.48. The zero-order valence-corrected chi connectivity index (χ0v) is 10.00. The predicted octanol–water partition coefficient (Wildman–Crippen LogP) is 1.36. The summed E-state index contributed by atoms with van der Waals surface area (Å²) in [6.07, 6.45) is 0. The minimum atomic E-state index is -0.630. The Morgan fingerprint density at radius 2 is 2.29 bits per heavy atom. The first kappa shape index (κ1) is 13.4. The van der Waals surface area contributed by atoms with Gasteiger partial charge in [-0.25, -0.2) is 4.39 Å². The van der Waals surface area contributed by atoms with Crippen molar-refractivity contribution in [2.75, 3.05) is 13.2 Å². The van der Waals surface area contributed by atoms with Crippen molar-refractivity contribution in [2.45, 2.75) is 19.9 Å². The molecule has 1 unspecified atom stereocenters. The first-order chi connectivity index (χ1) is 8.04. The summed E-state index contributed by atoms with van der Waals surface area (Å²) in [4.78, 5) is 10.5. The van der Waals surface area contributed by atoms with Gasteiger partial charge in [0.2, 0.25) is 0 Å². The van der Waals surface area contributed by atoms with Crippen molar-refractivity contribution in [3.63, 3.8) is 0 Å². The lowest BCUT2D eigenvalue weighted by Crippen LogP contribution is -2.20. The molecule has 5 heteroatoms. The van der Waals surface area contributed by atoms with Gasteiger partial charge in [0.1, 0.15) is 0 Å². The molecule has 0 saturated heterocycles. The van der Waals surface area contributed by atoms with Crippen LogP contribution in [0.15, 0.2) is 18.2 Å². The Balaban J connectivity index is 2.75. The Kier molecular flexibility index (Phi) is 4.90. The standard InChI is InChI=1S/C12H17FN2O2/c1-3-15-8(2)9-4-5-11(10(13)6-9)17-7-12(14)16/h4-6,8,15H,3,7H2,1-2H3,(H2,14,16). The second-order valence-corrected chi connectivity index (χ2v) is 3.72. The predicted molar refractivity (Wildman–Crippen MR) is 63.2 cm³/mol. The highest BCUT2D eigenvalue weighted by Crippen LogP contribution is 2.21. The fraction of sp³-hybridized carbons (Fsp3) is 0.417. The van der Waals surface area contributed by atoms with Gasteiger partial charge < -0.3 is 15.8 Å². The van der Waals surface area contributed by atoms with E-state index < -0.39 is 11.7 Å². The highest BCUT2D eigenvalue weighted by atomic mass is 19.1. The van der Waals surface area contributed by atoms with Gasteiger partial charge in [0, 0.05) is 6.04 Å². The van der Waals surface area contributed by atoms with Crippen LogP contribution in [0.3, 0.4) is 0 Å². The van der Waals surface area contributed by atoms with Crippen molar-refractivity contribution in [3.05, 3.63) is 29.6 Å². The number of carbonyl (C=O) groups is 1. The number of nitrogens with two attached hydrogens (primary N) is 1. The molecule has 0 aromatic heterocycles. The summed E-state index contributed by atoms with van der Waals surface area (Å²) in [7, 11) is 0. The Morgan fingerprint density at radius 1 is 1.59 bits per heavy atom. The zero-order chi connectivity index (χ0) is 12.8. The third-order valence-corrected chi connectivity index (χ3v) is 2.34. The lowest BCUT2D eigenvalue weighted by atomic mass is 10.1. The second kappa shape index (κ2) is 6.20. The molecule has 17 heavy (non-hydrogen) atoms. The average Bonchev–Trinajstić information content (AvgIpc) is 2.27. The molecule has 0 aliphatic rings. The number of nitrogens with one attached hydrogen (secondary N) is 1. The van der Waals surface area contributed by atoms with Crippen LogP contribution in [0, 0.1) is 5.82 Å². The van der Waals surface area contributed by atoms with E-state index in [1.807, 2.05) is 13.8 Å². The quantitative estimate of drug-likeness (QED) is 0.789. The van der Waals surface area contributed by atoms with Crippen molar-refractivity contribution >= 4 is 5.91 Å². The lowest BCUT2D eigenvalue weighted by Gasteiger charge is -2.14. The minimum Gasteiger partial charge on any atom is -0.481 e. The highest BCUT2D eigenvalue weighted by molar-refractivity contribution is 5.75. The molecule has 0 heterocycles. The number of benzene rings is 1. The van der Waals surface area contributed by atoms with Crippen molar-refractivity contribution in [1.82, 2.24) is 5.32 Å². The van der Waals surface area contributed by atoms with E-state index in [9.17, 15) is 9.18 Å². The molecule has 0 aliphatic carbocycles. The summed E-state index contributed by atoms with van der Waals surface area (Å²) >= 11 is 0. The smallest absolute Gasteiger partial charge is 0.255 e. The molecule has 1 aromatic rings. The largest absolute Gasteiger partial charge is 0.481 e. The number of rotatable bonds is 6. The van der Waals surface area contributed by atoms with E-state index in [0.717, 1.165) is 12.1 Å². The molecular formula is C12H17FN2O2. The fourth-order valence-electron chi connectivity index (χ4n) is 1.48. The number of halogens is 1. The zero-order valence-electron chi connectivity index (χ0n) is 10.00. The number of primary amides is 1. The number of hydrogen-bond donors (Lipinski definition) is 2. The van der Waals surface area contributed by atoms with Crippen LogP contribution in [0.1, 0.15) is 25.5 Å². The first-order valence-corrected chi connectivity index (χ1v) is 5.48. The summed E-state index contributed by atoms with van der Waals surface area (Å²) < 4.78 is 18.5. The van der Waals surface area contributed by atoms with Gasteiger partial charge in [-0.2, -0.15) is 0 Å². The lowest BCUT2D eigenvalue weighted by molar-refractivity contribution is -0.120. The molecule has 94 valence electrons. The molecule has 1 atom stereocenters. The van der Waals surface area contributed by atoms with Gasteiger partial charge in [-0.05, 0) is 31.2 Å². The summed E-state index contributed by atoms with van der Waals surface area (Å²) in [5.41, 5.74) is 5.74. The molecular weight excluding hydrogens is 223 g/mol. The van der Waals surface area contributed by atoms with Crippen LogP contribution >= 0.6 is 0 Å². The van der Waals surface area contributed by atoms with Crippen LogP contribution in [0.25, 0.3) is 0 Å². The molecule has 0 fully saturated rings. The van der Waals surface area contributed by atoms with Crippen molar-refractivity contribution in [3.8, 4) is 5.75 Å². The van der Waals surface area contributed by atoms with Crippen molar-refractivity contribution in [2.24, 2.45) is 5.73 Å². The molecule has 1 amide bonds. The summed E-state index contributed by atoms with van der Waals surface area (Å²) in [6.45, 7) is 4.42. The van der Waals surface area contributed by atoms with Crippen LogP contribution in [-0.4, -0.2) is 19.1 Å². The van der Waals surface area contributed by atoms with Gasteiger partial charge in [0.15, 0.2) is 18.2 Å². The maximum Gasteiger partial charge on any atom is 0.255 e. The monoisotopic (exact) mass is 240 g/mol. The van der Waals surface area contributed by atoms with E-state index >= 15 is 0 Å². The first-order valence-electron chi connectivity index (χ1n) is 5.48. The normalized spacial score (nSPS) is 12.2. The number of hydrogen-bond acceptors (Lipinski definition) is 3. The van der Waals surface area contributed by atoms with E-state index in [0.29, 0.717) is 0 Å². The van der Waals surface area contributed by atoms with Crippen LogP contribution in [0.4, 0.5) is 4.39 Å². The highest BCUT2D eigenvalue weighted by Gasteiger charge is 2.09. The van der Waals surface area contributed by atoms with Crippen LogP contribution < -0.4 is 15.8 Å². The van der Waals surface area contributed by atoms with Gasteiger partial charge in [-0.1, -0.05) is 13.0 Å². The molecule has 0 saturated carbocycles. The van der Waals surface area contributed by atoms with Gasteiger partial charge in [0.25, 0.3) is 5.91 Å². The minimum absolute atomic E-state index is 0.0382. The third kappa shape index (κ3) is 4.03. The number of carbonyl (C=O) groups excluding carboxylic acids is 1. The van der Waals surface area contributed by atoms with E-state index in [1.54, 1.807) is 6.07 Å². The summed E-state index contributed by atoms with van der Waals surface area (Å²) in [5.74, 6) is -1.08. The summed E-state index contributed by atoms with van der Waals surface area (Å²) in [6, 6.07) is 4.72. The van der Waals surface area contributed by atoms with Crippen LogP contribution in [0.5, 0.6) is 5.75 Å². The Bertz CT molecular complexity index is 396. The Morgan fingerprint density at radius 3 is 2.82 bits per heavy atom. The van der Waals surface area contributed by atoms with Gasteiger partial charge in [-0.15, -0.1) is 0 Å². The average molecular weight is 240 g/mol. The third-order valence-electron chi connectivity index (χ3n) is 2.34. The molecule has 0 aliphatic heterocycles.